The summed E-state index contributed by atoms with van der Waals surface area (Å²) in [5, 5.41) is 0. The van der Waals surface area contributed by atoms with E-state index in [2.05, 4.69) is 28.9 Å². The van der Waals surface area contributed by atoms with E-state index in [4.69, 9.17) is 9.72 Å². The number of carbonyl (C=O) groups excluding carboxylic acids is 1. The Kier molecular flexibility index (Phi) is 6.40. The van der Waals surface area contributed by atoms with Crippen LogP contribution in [-0.4, -0.2) is 54.1 Å². The molecule has 0 saturated carbocycles. The van der Waals surface area contributed by atoms with Crippen LogP contribution in [0.1, 0.15) is 38.6 Å². The van der Waals surface area contributed by atoms with Crippen molar-refractivity contribution in [1.82, 2.24) is 14.9 Å². The Morgan fingerprint density at radius 2 is 1.62 bits per heavy atom. The highest BCUT2D eigenvalue weighted by Crippen LogP contribution is 2.26. The molecule has 0 N–H and O–H groups in total. The van der Waals surface area contributed by atoms with Gasteiger partial charge in [-0.15, -0.1) is 0 Å². The van der Waals surface area contributed by atoms with E-state index in [-0.39, 0.29) is 5.91 Å². The molecule has 2 aromatic carbocycles. The van der Waals surface area contributed by atoms with Gasteiger partial charge in [0.05, 0.1) is 7.11 Å². The highest BCUT2D eigenvalue weighted by molar-refractivity contribution is 5.95. The van der Waals surface area contributed by atoms with Crippen LogP contribution in [0.25, 0.3) is 0 Å². The summed E-state index contributed by atoms with van der Waals surface area (Å²) in [6, 6.07) is 15.9. The molecule has 1 saturated heterocycles. The first kappa shape index (κ1) is 21.8. The van der Waals surface area contributed by atoms with Gasteiger partial charge in [0.2, 0.25) is 0 Å². The Balaban J connectivity index is 1.52. The molecule has 32 heavy (non-hydrogen) atoms. The van der Waals surface area contributed by atoms with E-state index in [0.717, 1.165) is 59.3 Å². The molecular weight excluding hydrogens is 400 g/mol. The van der Waals surface area contributed by atoms with E-state index in [1.165, 1.54) is 5.56 Å². The Morgan fingerprint density at radius 3 is 2.28 bits per heavy atom. The molecule has 0 radical (unpaired) electrons. The zero-order valence-corrected chi connectivity index (χ0v) is 19.3. The van der Waals surface area contributed by atoms with Gasteiger partial charge < -0.3 is 14.5 Å². The van der Waals surface area contributed by atoms with Crippen molar-refractivity contribution < 1.29 is 9.53 Å². The number of anilines is 1. The number of ether oxygens (including phenoxy) is 1. The molecule has 1 aliphatic heterocycles. The number of nitrogens with zero attached hydrogens (tertiary/aromatic N) is 4. The van der Waals surface area contributed by atoms with Gasteiger partial charge >= 0.3 is 0 Å². The summed E-state index contributed by atoms with van der Waals surface area (Å²) in [6.07, 6.45) is 0.758. The van der Waals surface area contributed by atoms with Crippen molar-refractivity contribution in [3.05, 3.63) is 82.3 Å². The molecule has 4 rings (SSSR count). The fourth-order valence-corrected chi connectivity index (χ4v) is 4.24. The first-order valence-corrected chi connectivity index (χ1v) is 11.0. The average molecular weight is 431 g/mol. The van der Waals surface area contributed by atoms with Gasteiger partial charge in [0.25, 0.3) is 5.91 Å². The van der Waals surface area contributed by atoms with Gasteiger partial charge in [-0.3, -0.25) is 4.79 Å². The van der Waals surface area contributed by atoms with E-state index in [1.54, 1.807) is 7.11 Å². The third-order valence-corrected chi connectivity index (χ3v) is 6.09. The number of methoxy groups -OCH3 is 1. The molecule has 1 aliphatic rings. The molecule has 166 valence electrons. The standard InChI is InChI=1S/C26H30N4O2/c1-18-7-5-6-8-23(18)26(31)30-15-13-29(14-16-30)25-24(19(2)27-20(3)28-25)17-21-9-11-22(32-4)12-10-21/h5-12H,13-17H2,1-4H3. The fourth-order valence-electron chi connectivity index (χ4n) is 4.24. The second-order valence-electron chi connectivity index (χ2n) is 8.28. The Bertz CT molecular complexity index is 1100. The number of amides is 1. The van der Waals surface area contributed by atoms with Crippen molar-refractivity contribution in [3.8, 4) is 5.75 Å². The summed E-state index contributed by atoms with van der Waals surface area (Å²) in [5.74, 6) is 2.71. The maximum Gasteiger partial charge on any atom is 0.254 e. The van der Waals surface area contributed by atoms with Gasteiger partial charge in [-0.25, -0.2) is 9.97 Å². The highest BCUT2D eigenvalue weighted by Gasteiger charge is 2.26. The molecule has 6 nitrogen and oxygen atoms in total. The predicted octanol–water partition coefficient (Wildman–Crippen LogP) is 3.96. The van der Waals surface area contributed by atoms with Gasteiger partial charge in [-0.05, 0) is 50.1 Å². The van der Waals surface area contributed by atoms with Crippen molar-refractivity contribution in [2.75, 3.05) is 38.2 Å². The van der Waals surface area contributed by atoms with Crippen LogP contribution in [0.4, 0.5) is 5.82 Å². The molecule has 0 unspecified atom stereocenters. The molecule has 0 atom stereocenters. The molecule has 1 amide bonds. The number of benzene rings is 2. The number of piperazine rings is 1. The number of rotatable bonds is 5. The molecule has 0 aliphatic carbocycles. The van der Waals surface area contributed by atoms with Crippen molar-refractivity contribution in [2.45, 2.75) is 27.2 Å². The van der Waals surface area contributed by atoms with Crippen LogP contribution in [0.2, 0.25) is 0 Å². The number of aryl methyl sites for hydroxylation is 3. The van der Waals surface area contributed by atoms with Gasteiger partial charge in [-0.1, -0.05) is 30.3 Å². The molecule has 3 aromatic rings. The lowest BCUT2D eigenvalue weighted by molar-refractivity contribution is 0.0745. The van der Waals surface area contributed by atoms with Crippen LogP contribution in [0.5, 0.6) is 5.75 Å². The van der Waals surface area contributed by atoms with E-state index in [0.29, 0.717) is 13.1 Å². The quantitative estimate of drug-likeness (QED) is 0.613. The van der Waals surface area contributed by atoms with Crippen LogP contribution in [0.15, 0.2) is 48.5 Å². The Hall–Kier alpha value is -3.41. The maximum absolute atomic E-state index is 13.0. The number of aromatic nitrogens is 2. The third kappa shape index (κ3) is 4.59. The second-order valence-corrected chi connectivity index (χ2v) is 8.28. The third-order valence-electron chi connectivity index (χ3n) is 6.09. The smallest absolute Gasteiger partial charge is 0.254 e. The Labute approximate surface area is 189 Å². The minimum atomic E-state index is 0.108. The van der Waals surface area contributed by atoms with Crippen LogP contribution < -0.4 is 9.64 Å². The molecule has 2 heterocycles. The summed E-state index contributed by atoms with van der Waals surface area (Å²) >= 11 is 0. The van der Waals surface area contributed by atoms with Crippen LogP contribution in [0.3, 0.4) is 0 Å². The molecule has 6 heteroatoms. The molecule has 1 aromatic heterocycles. The van der Waals surface area contributed by atoms with Crippen molar-refractivity contribution >= 4 is 11.7 Å². The minimum absolute atomic E-state index is 0.108. The summed E-state index contributed by atoms with van der Waals surface area (Å²) < 4.78 is 5.28. The van der Waals surface area contributed by atoms with Crippen molar-refractivity contribution in [2.24, 2.45) is 0 Å². The molecule has 0 bridgehead atoms. The summed E-state index contributed by atoms with van der Waals surface area (Å²) in [6.45, 7) is 8.84. The predicted molar refractivity (Wildman–Crippen MR) is 127 cm³/mol. The van der Waals surface area contributed by atoms with E-state index < -0.39 is 0 Å². The summed E-state index contributed by atoms with van der Waals surface area (Å²) in [7, 11) is 1.68. The van der Waals surface area contributed by atoms with Crippen LogP contribution >= 0.6 is 0 Å². The lowest BCUT2D eigenvalue weighted by Gasteiger charge is -2.36. The van der Waals surface area contributed by atoms with Gasteiger partial charge in [0.15, 0.2) is 0 Å². The van der Waals surface area contributed by atoms with Gasteiger partial charge in [0.1, 0.15) is 17.4 Å². The van der Waals surface area contributed by atoms with Crippen LogP contribution in [0, 0.1) is 20.8 Å². The zero-order valence-electron chi connectivity index (χ0n) is 19.3. The number of carbonyl (C=O) groups is 1. The zero-order chi connectivity index (χ0) is 22.7. The second kappa shape index (κ2) is 9.39. The van der Waals surface area contributed by atoms with Crippen LogP contribution in [-0.2, 0) is 6.42 Å². The lowest BCUT2D eigenvalue weighted by atomic mass is 10.0. The SMILES string of the molecule is COc1ccc(Cc2c(C)nc(C)nc2N2CCN(C(=O)c3ccccc3C)CC2)cc1. The van der Waals surface area contributed by atoms with Gasteiger partial charge in [0, 0.05) is 49.4 Å². The highest BCUT2D eigenvalue weighted by atomic mass is 16.5. The first-order valence-electron chi connectivity index (χ1n) is 11.0. The van der Waals surface area contributed by atoms with E-state index in [1.807, 2.05) is 55.1 Å². The maximum atomic E-state index is 13.0. The van der Waals surface area contributed by atoms with E-state index >= 15 is 0 Å². The number of hydrogen-bond donors (Lipinski definition) is 0. The fraction of sp³-hybridized carbons (Fsp3) is 0.346. The lowest BCUT2D eigenvalue weighted by Crippen LogP contribution is -2.49. The monoisotopic (exact) mass is 430 g/mol. The van der Waals surface area contributed by atoms with Crippen molar-refractivity contribution in [3.63, 3.8) is 0 Å². The summed E-state index contributed by atoms with van der Waals surface area (Å²) in [5.41, 5.74) is 5.13. The summed E-state index contributed by atoms with van der Waals surface area (Å²) in [4.78, 5) is 26.7. The van der Waals surface area contributed by atoms with Gasteiger partial charge in [-0.2, -0.15) is 0 Å². The largest absolute Gasteiger partial charge is 0.497 e. The average Bonchev–Trinajstić information content (AvgIpc) is 2.81. The minimum Gasteiger partial charge on any atom is -0.497 e. The molecule has 1 fully saturated rings. The Morgan fingerprint density at radius 1 is 0.938 bits per heavy atom. The first-order chi connectivity index (χ1) is 15.5. The topological polar surface area (TPSA) is 58.6 Å². The molecular formula is C26H30N4O2. The number of hydrogen-bond acceptors (Lipinski definition) is 5. The van der Waals surface area contributed by atoms with Crippen molar-refractivity contribution in [1.29, 1.82) is 0 Å². The molecule has 0 spiro atoms. The normalized spacial score (nSPS) is 13.9. The van der Waals surface area contributed by atoms with E-state index in [9.17, 15) is 4.79 Å².